The van der Waals surface area contributed by atoms with Crippen LogP contribution in [0.2, 0.25) is 5.02 Å². The summed E-state index contributed by atoms with van der Waals surface area (Å²) in [7, 11) is -1.01. The largest absolute Gasteiger partial charge is 0.497 e. The van der Waals surface area contributed by atoms with Crippen LogP contribution in [0.5, 0.6) is 5.75 Å². The van der Waals surface area contributed by atoms with Crippen LogP contribution in [0.3, 0.4) is 0 Å². The van der Waals surface area contributed by atoms with Crippen molar-refractivity contribution >= 4 is 33.4 Å². The van der Waals surface area contributed by atoms with Crippen LogP contribution in [-0.2, 0) is 26.2 Å². The number of methoxy groups -OCH3 is 1. The molecule has 0 aliphatic heterocycles. The summed E-state index contributed by atoms with van der Waals surface area (Å²) in [6, 6.07) is 12.3. The third kappa shape index (κ3) is 6.96. The molecule has 8 nitrogen and oxygen atoms in total. The minimum Gasteiger partial charge on any atom is -0.497 e. The molecule has 1 saturated carbocycles. The first kappa shape index (κ1) is 27.0. The molecule has 0 spiro atoms. The van der Waals surface area contributed by atoms with E-state index in [1.165, 1.54) is 36.2 Å². The van der Waals surface area contributed by atoms with Gasteiger partial charge in [0.25, 0.3) is 0 Å². The van der Waals surface area contributed by atoms with Gasteiger partial charge in [-0.25, -0.2) is 8.42 Å². The van der Waals surface area contributed by atoms with E-state index in [-0.39, 0.29) is 23.4 Å². The maximum atomic E-state index is 13.4. The minimum atomic E-state index is -3.92. The second kappa shape index (κ2) is 11.9. The molecule has 0 bridgehead atoms. The normalized spacial score (nSPS) is 15.1. The van der Waals surface area contributed by atoms with Crippen LogP contribution in [0.25, 0.3) is 0 Å². The van der Waals surface area contributed by atoms with Gasteiger partial charge in [-0.2, -0.15) is 4.31 Å². The molecule has 1 unspecified atom stereocenters. The predicted octanol–water partition coefficient (Wildman–Crippen LogP) is 3.45. The fourth-order valence-corrected chi connectivity index (χ4v) is 5.30. The summed E-state index contributed by atoms with van der Waals surface area (Å²) in [5.41, 5.74) is 0.794. The van der Waals surface area contributed by atoms with Gasteiger partial charge in [0, 0.05) is 24.7 Å². The maximum absolute atomic E-state index is 13.4. The molecule has 0 heterocycles. The number of carbonyl (C=O) groups excluding carboxylic acids is 2. The van der Waals surface area contributed by atoms with E-state index in [1.807, 2.05) is 12.1 Å². The zero-order valence-corrected chi connectivity index (χ0v) is 21.8. The van der Waals surface area contributed by atoms with Crippen molar-refractivity contribution in [3.8, 4) is 5.75 Å². The molecule has 1 atom stereocenters. The Bertz CT molecular complexity index is 1120. The van der Waals surface area contributed by atoms with Crippen LogP contribution in [0, 0.1) is 0 Å². The van der Waals surface area contributed by atoms with Crippen LogP contribution in [0.15, 0.2) is 53.4 Å². The third-order valence-electron chi connectivity index (χ3n) is 6.26. The molecule has 0 radical (unpaired) electrons. The number of carbonyl (C=O) groups is 2. The topological polar surface area (TPSA) is 96.0 Å². The number of sulfonamides is 1. The number of nitrogens with one attached hydrogen (secondary N) is 1. The van der Waals surface area contributed by atoms with E-state index in [1.54, 1.807) is 26.2 Å². The second-order valence-corrected chi connectivity index (χ2v) is 11.2. The van der Waals surface area contributed by atoms with Crippen molar-refractivity contribution in [2.45, 2.75) is 56.1 Å². The SMILES string of the molecule is COc1ccc(CN(C(=O)CN(C)S(=O)(=O)c2ccc(Cl)cc2)C(C)C(=O)NC2CCCC2)cc1. The Kier molecular flexibility index (Phi) is 9.15. The number of rotatable bonds is 10. The summed E-state index contributed by atoms with van der Waals surface area (Å²) in [5, 5.41) is 3.45. The number of ether oxygens (including phenoxy) is 1. The zero-order valence-electron chi connectivity index (χ0n) is 20.2. The Morgan fingerprint density at radius 2 is 1.69 bits per heavy atom. The number of hydrogen-bond donors (Lipinski definition) is 1. The molecule has 2 amide bonds. The summed E-state index contributed by atoms with van der Waals surface area (Å²) < 4.78 is 32.1. The van der Waals surface area contributed by atoms with Crippen molar-refractivity contribution in [1.29, 1.82) is 0 Å². The average molecular weight is 522 g/mol. The fourth-order valence-electron chi connectivity index (χ4n) is 4.06. The van der Waals surface area contributed by atoms with Crippen molar-refractivity contribution in [3.63, 3.8) is 0 Å². The first-order valence-electron chi connectivity index (χ1n) is 11.6. The third-order valence-corrected chi connectivity index (χ3v) is 8.33. The highest BCUT2D eigenvalue weighted by atomic mass is 35.5. The van der Waals surface area contributed by atoms with Gasteiger partial charge in [0.2, 0.25) is 21.8 Å². The van der Waals surface area contributed by atoms with Crippen LogP contribution in [0.4, 0.5) is 0 Å². The summed E-state index contributed by atoms with van der Waals surface area (Å²) in [5.74, 6) is -0.0515. The van der Waals surface area contributed by atoms with Gasteiger partial charge in [-0.05, 0) is 61.7 Å². The highest BCUT2D eigenvalue weighted by molar-refractivity contribution is 7.89. The highest BCUT2D eigenvalue weighted by Crippen LogP contribution is 2.21. The molecular formula is C25H32ClN3O5S. The number of likely N-dealkylation sites (N-methyl/N-ethyl adjacent to an activating group) is 1. The monoisotopic (exact) mass is 521 g/mol. The quantitative estimate of drug-likeness (QED) is 0.516. The van der Waals surface area contributed by atoms with Gasteiger partial charge in [-0.3, -0.25) is 9.59 Å². The van der Waals surface area contributed by atoms with Gasteiger partial charge < -0.3 is 15.0 Å². The lowest BCUT2D eigenvalue weighted by atomic mass is 10.1. The Morgan fingerprint density at radius 3 is 2.26 bits per heavy atom. The Hall–Kier alpha value is -2.62. The number of halogens is 1. The summed E-state index contributed by atoms with van der Waals surface area (Å²) in [4.78, 5) is 27.8. The van der Waals surface area contributed by atoms with E-state index < -0.39 is 28.5 Å². The van der Waals surface area contributed by atoms with E-state index in [4.69, 9.17) is 16.3 Å². The first-order chi connectivity index (χ1) is 16.6. The molecule has 0 aromatic heterocycles. The van der Waals surface area contributed by atoms with Crippen LogP contribution in [-0.4, -0.2) is 62.2 Å². The standard InChI is InChI=1S/C25H32ClN3O5S/c1-18(25(31)27-21-6-4-5-7-21)29(16-19-8-12-22(34-3)13-9-19)24(30)17-28(2)35(32,33)23-14-10-20(26)11-15-23/h8-15,18,21H,4-7,16-17H2,1-3H3,(H,27,31). The highest BCUT2D eigenvalue weighted by Gasteiger charge is 2.31. The number of hydrogen-bond acceptors (Lipinski definition) is 5. The molecule has 1 N–H and O–H groups in total. The van der Waals surface area contributed by atoms with E-state index in [0.29, 0.717) is 10.8 Å². The Labute approximate surface area is 212 Å². The molecule has 2 aromatic carbocycles. The zero-order chi connectivity index (χ0) is 25.6. The van der Waals surface area contributed by atoms with E-state index >= 15 is 0 Å². The average Bonchev–Trinajstić information content (AvgIpc) is 3.35. The van der Waals surface area contributed by atoms with Gasteiger partial charge in [0.1, 0.15) is 11.8 Å². The molecule has 10 heteroatoms. The van der Waals surface area contributed by atoms with Crippen LogP contribution >= 0.6 is 11.6 Å². The first-order valence-corrected chi connectivity index (χ1v) is 13.4. The van der Waals surface area contributed by atoms with Crippen molar-refractivity contribution in [2.75, 3.05) is 20.7 Å². The maximum Gasteiger partial charge on any atom is 0.243 e. The molecule has 1 fully saturated rings. The summed E-state index contributed by atoms with van der Waals surface area (Å²) in [6.45, 7) is 1.40. The van der Waals surface area contributed by atoms with Crippen molar-refractivity contribution < 1.29 is 22.7 Å². The van der Waals surface area contributed by atoms with Gasteiger partial charge in [-0.15, -0.1) is 0 Å². The molecular weight excluding hydrogens is 490 g/mol. The smallest absolute Gasteiger partial charge is 0.243 e. The summed E-state index contributed by atoms with van der Waals surface area (Å²) in [6.07, 6.45) is 3.99. The fraction of sp³-hybridized carbons (Fsp3) is 0.440. The number of amides is 2. The van der Waals surface area contributed by atoms with E-state index in [2.05, 4.69) is 5.32 Å². The van der Waals surface area contributed by atoms with Gasteiger partial charge in [0.15, 0.2) is 0 Å². The second-order valence-electron chi connectivity index (χ2n) is 8.75. The van der Waals surface area contributed by atoms with Gasteiger partial charge in [-0.1, -0.05) is 36.6 Å². The molecule has 190 valence electrons. The Balaban J connectivity index is 1.79. The van der Waals surface area contributed by atoms with Crippen molar-refractivity contribution in [1.82, 2.24) is 14.5 Å². The van der Waals surface area contributed by atoms with E-state index in [9.17, 15) is 18.0 Å². The number of benzene rings is 2. The van der Waals surface area contributed by atoms with E-state index in [0.717, 1.165) is 35.6 Å². The molecule has 1 aliphatic rings. The molecule has 1 aliphatic carbocycles. The van der Waals surface area contributed by atoms with Crippen molar-refractivity contribution in [2.24, 2.45) is 0 Å². The van der Waals surface area contributed by atoms with Gasteiger partial charge >= 0.3 is 0 Å². The van der Waals surface area contributed by atoms with Gasteiger partial charge in [0.05, 0.1) is 18.6 Å². The van der Waals surface area contributed by atoms with Crippen LogP contribution < -0.4 is 10.1 Å². The molecule has 3 rings (SSSR count). The summed E-state index contributed by atoms with van der Waals surface area (Å²) >= 11 is 5.87. The molecule has 0 saturated heterocycles. The lowest BCUT2D eigenvalue weighted by molar-refractivity contribution is -0.140. The Morgan fingerprint density at radius 1 is 1.09 bits per heavy atom. The molecule has 2 aromatic rings. The van der Waals surface area contributed by atoms with Crippen LogP contribution in [0.1, 0.15) is 38.2 Å². The lowest BCUT2D eigenvalue weighted by Gasteiger charge is -2.31. The number of nitrogens with zero attached hydrogens (tertiary/aromatic N) is 2. The minimum absolute atomic E-state index is 0.0333. The lowest BCUT2D eigenvalue weighted by Crippen LogP contribution is -2.52. The predicted molar refractivity (Wildman–Crippen MR) is 135 cm³/mol. The molecule has 35 heavy (non-hydrogen) atoms. The van der Waals surface area contributed by atoms with Crippen molar-refractivity contribution in [3.05, 3.63) is 59.1 Å².